The molecule has 3 N–H and O–H groups in total. The van der Waals surface area contributed by atoms with Crippen molar-refractivity contribution in [2.24, 2.45) is 5.92 Å². The van der Waals surface area contributed by atoms with E-state index in [1.807, 2.05) is 0 Å². The fourth-order valence-electron chi connectivity index (χ4n) is 3.74. The SMILES string of the molecule is O=C(O)C1(NS(=O)(=O)c2ccc(-c3cc(C(F)(F)F)on3)s2)C(CO)C1c1ccccc1. The molecule has 3 unspecified atom stereocenters. The largest absolute Gasteiger partial charge is 0.480 e. The molecule has 0 saturated heterocycles. The lowest BCUT2D eigenvalue weighted by atomic mass is 10.1. The second kappa shape index (κ2) is 7.69. The minimum Gasteiger partial charge on any atom is -0.480 e. The van der Waals surface area contributed by atoms with Crippen molar-refractivity contribution in [2.75, 3.05) is 6.61 Å². The molecule has 32 heavy (non-hydrogen) atoms. The molecule has 1 aliphatic carbocycles. The summed E-state index contributed by atoms with van der Waals surface area (Å²) in [4.78, 5) is 12.2. The number of aromatic nitrogens is 1. The van der Waals surface area contributed by atoms with E-state index in [4.69, 9.17) is 0 Å². The molecule has 1 aliphatic rings. The molecule has 0 aliphatic heterocycles. The average Bonchev–Trinajstić information content (AvgIpc) is 3.13. The summed E-state index contributed by atoms with van der Waals surface area (Å²) in [6.07, 6.45) is -4.75. The molecular weight excluding hydrogens is 473 g/mol. The molecule has 1 aromatic carbocycles. The number of nitrogens with one attached hydrogen (secondary N) is 1. The number of sulfonamides is 1. The van der Waals surface area contributed by atoms with Gasteiger partial charge in [-0.2, -0.15) is 17.9 Å². The van der Waals surface area contributed by atoms with Crippen LogP contribution >= 0.6 is 11.3 Å². The number of hydrogen-bond acceptors (Lipinski definition) is 7. The van der Waals surface area contributed by atoms with E-state index in [0.717, 1.165) is 6.07 Å². The fraction of sp³-hybridized carbons (Fsp3) is 0.263. The molecule has 170 valence electrons. The number of carbonyl (C=O) groups is 1. The molecule has 4 rings (SSSR count). The van der Waals surface area contributed by atoms with Crippen molar-refractivity contribution in [3.8, 4) is 10.6 Å². The number of halogens is 3. The fourth-order valence-corrected chi connectivity index (χ4v) is 6.42. The Labute approximate surface area is 183 Å². The number of aliphatic hydroxyl groups is 1. The maximum Gasteiger partial charge on any atom is 0.452 e. The summed E-state index contributed by atoms with van der Waals surface area (Å²) >= 11 is 0.607. The Kier molecular flexibility index (Phi) is 5.40. The molecule has 1 saturated carbocycles. The van der Waals surface area contributed by atoms with Crippen LogP contribution in [0.3, 0.4) is 0 Å². The number of hydrogen-bond donors (Lipinski definition) is 3. The average molecular weight is 488 g/mol. The summed E-state index contributed by atoms with van der Waals surface area (Å²) < 4.78 is 70.2. The van der Waals surface area contributed by atoms with Crippen LogP contribution in [-0.4, -0.2) is 41.9 Å². The molecule has 0 amide bonds. The van der Waals surface area contributed by atoms with Crippen LogP contribution in [0.15, 0.2) is 57.3 Å². The Morgan fingerprint density at radius 2 is 1.91 bits per heavy atom. The summed E-state index contributed by atoms with van der Waals surface area (Å²) in [5.74, 6) is -4.48. The molecule has 8 nitrogen and oxygen atoms in total. The van der Waals surface area contributed by atoms with Gasteiger partial charge in [0.25, 0.3) is 10.0 Å². The van der Waals surface area contributed by atoms with Gasteiger partial charge in [-0.3, -0.25) is 4.79 Å². The van der Waals surface area contributed by atoms with E-state index in [2.05, 4.69) is 14.4 Å². The van der Waals surface area contributed by atoms with Crippen LogP contribution in [0.2, 0.25) is 0 Å². The van der Waals surface area contributed by atoms with Crippen LogP contribution in [0.4, 0.5) is 13.2 Å². The summed E-state index contributed by atoms with van der Waals surface area (Å²) in [5, 5.41) is 22.9. The molecular formula is C19H15F3N2O6S2. The third-order valence-corrected chi connectivity index (χ3v) is 8.35. The van der Waals surface area contributed by atoms with E-state index in [1.165, 1.54) is 6.07 Å². The van der Waals surface area contributed by atoms with E-state index in [-0.39, 0.29) is 14.8 Å². The summed E-state index contributed by atoms with van der Waals surface area (Å²) in [5.41, 5.74) is -1.62. The van der Waals surface area contributed by atoms with Gasteiger partial charge >= 0.3 is 12.1 Å². The number of aliphatic carboxylic acids is 1. The number of nitrogens with zero attached hydrogens (tertiary/aromatic N) is 1. The Morgan fingerprint density at radius 1 is 1.22 bits per heavy atom. The second-order valence-corrected chi connectivity index (χ2v) is 10.1. The molecule has 1 fully saturated rings. The van der Waals surface area contributed by atoms with Crippen LogP contribution in [0, 0.1) is 5.92 Å². The van der Waals surface area contributed by atoms with Gasteiger partial charge in [0, 0.05) is 24.5 Å². The predicted molar refractivity (Wildman–Crippen MR) is 105 cm³/mol. The Hall–Kier alpha value is -2.74. The zero-order valence-corrected chi connectivity index (χ0v) is 17.5. The highest BCUT2D eigenvalue weighted by atomic mass is 32.2. The zero-order valence-electron chi connectivity index (χ0n) is 15.9. The first-order valence-electron chi connectivity index (χ1n) is 9.08. The highest BCUT2D eigenvalue weighted by Gasteiger charge is 2.72. The lowest BCUT2D eigenvalue weighted by Crippen LogP contribution is -2.46. The van der Waals surface area contributed by atoms with Crippen molar-refractivity contribution >= 4 is 27.3 Å². The van der Waals surface area contributed by atoms with Crippen LogP contribution < -0.4 is 4.72 Å². The molecule has 2 aromatic heterocycles. The van der Waals surface area contributed by atoms with Crippen molar-refractivity contribution in [3.63, 3.8) is 0 Å². The van der Waals surface area contributed by atoms with Gasteiger partial charge < -0.3 is 14.7 Å². The maximum atomic E-state index is 13.0. The summed E-state index contributed by atoms with van der Waals surface area (Å²) in [6, 6.07) is 11.3. The minimum absolute atomic E-state index is 0.0862. The predicted octanol–water partition coefficient (Wildman–Crippen LogP) is 2.93. The number of benzene rings is 1. The van der Waals surface area contributed by atoms with Crippen molar-refractivity contribution in [1.82, 2.24) is 9.88 Å². The van der Waals surface area contributed by atoms with Gasteiger partial charge in [0.2, 0.25) is 5.76 Å². The molecule has 0 bridgehead atoms. The van der Waals surface area contributed by atoms with Crippen molar-refractivity contribution < 1.29 is 41.1 Å². The maximum absolute atomic E-state index is 13.0. The second-order valence-electron chi connectivity index (χ2n) is 7.15. The Bertz CT molecular complexity index is 1260. The van der Waals surface area contributed by atoms with Gasteiger partial charge in [-0.25, -0.2) is 8.42 Å². The Balaban J connectivity index is 1.64. The van der Waals surface area contributed by atoms with E-state index in [9.17, 15) is 36.6 Å². The topological polar surface area (TPSA) is 130 Å². The minimum atomic E-state index is -4.75. The zero-order chi connectivity index (χ0) is 23.3. The van der Waals surface area contributed by atoms with Crippen LogP contribution in [0.5, 0.6) is 0 Å². The van der Waals surface area contributed by atoms with Crippen LogP contribution in [0.1, 0.15) is 17.2 Å². The van der Waals surface area contributed by atoms with Gasteiger partial charge in [-0.05, 0) is 17.7 Å². The lowest BCUT2D eigenvalue weighted by Gasteiger charge is -2.15. The standard InChI is InChI=1S/C19H15F3N2O6S2/c20-19(21,22)14-8-12(23-30-14)13-6-7-15(31-13)32(28,29)24-18(17(26)27)11(9-25)16(18)10-4-2-1-3-5-10/h1-8,11,16,24-25H,9H2,(H,26,27). The van der Waals surface area contributed by atoms with Gasteiger partial charge in [0.15, 0.2) is 0 Å². The van der Waals surface area contributed by atoms with Crippen LogP contribution in [-0.2, 0) is 21.0 Å². The summed E-state index contributed by atoms with van der Waals surface area (Å²) in [6.45, 7) is -0.566. The number of alkyl halides is 3. The number of aliphatic hydroxyl groups excluding tert-OH is 1. The summed E-state index contributed by atoms with van der Waals surface area (Å²) in [7, 11) is -4.40. The number of thiophene rings is 1. The normalized spacial score (nSPS) is 23.2. The third-order valence-electron chi connectivity index (χ3n) is 5.27. The lowest BCUT2D eigenvalue weighted by molar-refractivity contribution is -0.155. The Morgan fingerprint density at radius 3 is 2.47 bits per heavy atom. The van der Waals surface area contributed by atoms with Gasteiger partial charge in [-0.15, -0.1) is 11.3 Å². The van der Waals surface area contributed by atoms with E-state index in [1.54, 1.807) is 30.3 Å². The van der Waals surface area contributed by atoms with Gasteiger partial charge in [0.05, 0.1) is 4.88 Å². The third kappa shape index (κ3) is 3.70. The van der Waals surface area contributed by atoms with Crippen LogP contribution in [0.25, 0.3) is 10.6 Å². The van der Waals surface area contributed by atoms with E-state index < -0.39 is 51.9 Å². The van der Waals surface area contributed by atoms with Gasteiger partial charge in [-0.1, -0.05) is 35.5 Å². The molecule has 13 heteroatoms. The first-order chi connectivity index (χ1) is 15.0. The number of carboxylic acids is 1. The molecule has 0 radical (unpaired) electrons. The van der Waals surface area contributed by atoms with Crippen molar-refractivity contribution in [3.05, 3.63) is 59.9 Å². The highest BCUT2D eigenvalue weighted by molar-refractivity contribution is 7.91. The van der Waals surface area contributed by atoms with Crippen molar-refractivity contribution in [1.29, 1.82) is 0 Å². The van der Waals surface area contributed by atoms with Gasteiger partial charge in [0.1, 0.15) is 15.4 Å². The number of rotatable bonds is 7. The first-order valence-corrected chi connectivity index (χ1v) is 11.4. The molecule has 2 heterocycles. The number of carboxylic acid groups (broad SMARTS) is 1. The van der Waals surface area contributed by atoms with Crippen molar-refractivity contribution in [2.45, 2.75) is 21.8 Å². The smallest absolute Gasteiger partial charge is 0.452 e. The molecule has 3 aromatic rings. The monoisotopic (exact) mass is 488 g/mol. The van der Waals surface area contributed by atoms with E-state index in [0.29, 0.717) is 23.0 Å². The molecule has 0 spiro atoms. The van der Waals surface area contributed by atoms with E-state index >= 15 is 0 Å². The quantitative estimate of drug-likeness (QED) is 0.466. The molecule has 3 atom stereocenters. The highest BCUT2D eigenvalue weighted by Crippen LogP contribution is 2.58. The first kappa shape index (κ1) is 22.5.